The molecular formula is C28H26N3O5+. The van der Waals surface area contributed by atoms with E-state index in [9.17, 15) is 24.6 Å². The van der Waals surface area contributed by atoms with Crippen molar-refractivity contribution in [3.05, 3.63) is 83.1 Å². The number of aliphatic hydroxyl groups excluding tert-OH is 1. The number of aliphatic hydroxyl groups is 1. The molecule has 1 amide bonds. The molecule has 36 heavy (non-hydrogen) atoms. The number of imidazole rings is 1. The molecule has 4 atom stereocenters. The second-order valence-electron chi connectivity index (χ2n) is 10.0. The first-order valence-electron chi connectivity index (χ1n) is 12.0. The molecule has 0 spiro atoms. The lowest BCUT2D eigenvalue weighted by molar-refractivity contribution is -0.671. The summed E-state index contributed by atoms with van der Waals surface area (Å²) in [5.74, 6) is -2.47. The molecule has 1 aromatic heterocycles. The summed E-state index contributed by atoms with van der Waals surface area (Å²) in [6.07, 6.45) is 5.05. The van der Waals surface area contributed by atoms with Crippen LogP contribution in [0.15, 0.2) is 60.8 Å². The standard InChI is InChI=1S/C28H25N3O5/c1-14-22(25(28(35)36)31-24(14)23(15(2)32)27(31)34)17-5-7-19-20(11-17)18-6-4-16(10-21(18)26(19)33)12-30-9-8-29(3)13-30/h4-11,13-15,23-24,32H,12H2,1-3H3/p+1/t14-,15+,23+,24+/m0/s1. The number of rotatable bonds is 5. The monoisotopic (exact) mass is 484 g/mol. The Morgan fingerprint density at radius 1 is 1.08 bits per heavy atom. The van der Waals surface area contributed by atoms with E-state index >= 15 is 0 Å². The molecule has 3 heterocycles. The molecule has 1 fully saturated rings. The summed E-state index contributed by atoms with van der Waals surface area (Å²) in [5.41, 5.74) is 5.03. The Kier molecular flexibility index (Phi) is 4.82. The van der Waals surface area contributed by atoms with E-state index in [0.717, 1.165) is 16.7 Å². The molecule has 8 heteroatoms. The van der Waals surface area contributed by atoms with Gasteiger partial charge in [-0.2, -0.15) is 0 Å². The number of aromatic nitrogens is 2. The van der Waals surface area contributed by atoms with Crippen molar-refractivity contribution in [3.63, 3.8) is 0 Å². The van der Waals surface area contributed by atoms with E-state index in [4.69, 9.17) is 0 Å². The molecule has 0 saturated carbocycles. The largest absolute Gasteiger partial charge is 0.477 e. The summed E-state index contributed by atoms with van der Waals surface area (Å²) in [7, 11) is 1.95. The van der Waals surface area contributed by atoms with Gasteiger partial charge >= 0.3 is 5.97 Å². The fraction of sp³-hybridized carbons (Fsp3) is 0.286. The van der Waals surface area contributed by atoms with Gasteiger partial charge in [0.2, 0.25) is 12.2 Å². The lowest BCUT2D eigenvalue weighted by Gasteiger charge is -2.46. The molecule has 0 bridgehead atoms. The average Bonchev–Trinajstić information content (AvgIpc) is 3.44. The predicted octanol–water partition coefficient (Wildman–Crippen LogP) is 2.23. The van der Waals surface area contributed by atoms with Gasteiger partial charge in [-0.25, -0.2) is 13.9 Å². The third kappa shape index (κ3) is 3.04. The van der Waals surface area contributed by atoms with Crippen molar-refractivity contribution >= 4 is 23.2 Å². The Bertz CT molecular complexity index is 1520. The highest BCUT2D eigenvalue weighted by Gasteiger charge is 2.60. The predicted molar refractivity (Wildman–Crippen MR) is 130 cm³/mol. The van der Waals surface area contributed by atoms with Crippen molar-refractivity contribution in [3.8, 4) is 11.1 Å². The van der Waals surface area contributed by atoms with Gasteiger partial charge in [0.15, 0.2) is 5.78 Å². The number of hydrogen-bond acceptors (Lipinski definition) is 4. The smallest absolute Gasteiger partial charge is 0.352 e. The van der Waals surface area contributed by atoms with Crippen molar-refractivity contribution < 1.29 is 29.2 Å². The second-order valence-corrected chi connectivity index (χ2v) is 10.0. The molecule has 2 aromatic carbocycles. The van der Waals surface area contributed by atoms with Crippen molar-refractivity contribution in [2.24, 2.45) is 18.9 Å². The van der Waals surface area contributed by atoms with Crippen LogP contribution in [0.3, 0.4) is 0 Å². The zero-order chi connectivity index (χ0) is 25.5. The van der Waals surface area contributed by atoms with Crippen LogP contribution in [0.25, 0.3) is 16.7 Å². The average molecular weight is 485 g/mol. The molecule has 2 aliphatic heterocycles. The maximum Gasteiger partial charge on any atom is 0.352 e. The van der Waals surface area contributed by atoms with Gasteiger partial charge in [-0.1, -0.05) is 25.1 Å². The normalized spacial score (nSPS) is 22.9. The molecule has 0 radical (unpaired) electrons. The SMILES string of the molecule is C[C@@H](O)[C@H]1C(=O)N2C(C(=O)O)=C(c3ccc4c(c3)-c3ccc(Cn5cc[n+](C)c5)cc3C4=O)[C@H](C)[C@H]12. The highest BCUT2D eigenvalue weighted by Crippen LogP contribution is 2.51. The quantitative estimate of drug-likeness (QED) is 0.334. The molecule has 3 aromatic rings. The van der Waals surface area contributed by atoms with E-state index < -0.39 is 18.0 Å². The summed E-state index contributed by atoms with van der Waals surface area (Å²) in [5, 5.41) is 20.1. The van der Waals surface area contributed by atoms with E-state index in [0.29, 0.717) is 28.8 Å². The molecule has 0 unspecified atom stereocenters. The highest BCUT2D eigenvalue weighted by atomic mass is 16.4. The van der Waals surface area contributed by atoms with Crippen molar-refractivity contribution in [2.75, 3.05) is 0 Å². The third-order valence-electron chi connectivity index (χ3n) is 7.76. The van der Waals surface area contributed by atoms with Gasteiger partial charge in [0.1, 0.15) is 24.6 Å². The number of aryl methyl sites for hydroxylation is 1. The summed E-state index contributed by atoms with van der Waals surface area (Å²) in [6, 6.07) is 10.9. The lowest BCUT2D eigenvalue weighted by Crippen LogP contribution is -2.63. The van der Waals surface area contributed by atoms with Crippen LogP contribution in [0.2, 0.25) is 0 Å². The first-order valence-corrected chi connectivity index (χ1v) is 12.0. The van der Waals surface area contributed by atoms with Crippen LogP contribution >= 0.6 is 0 Å². The molecular weight excluding hydrogens is 458 g/mol. The topological polar surface area (TPSA) is 104 Å². The summed E-state index contributed by atoms with van der Waals surface area (Å²) in [4.78, 5) is 39.5. The van der Waals surface area contributed by atoms with Gasteiger partial charge in [-0.05, 0) is 52.9 Å². The summed E-state index contributed by atoms with van der Waals surface area (Å²) in [6.45, 7) is 4.10. The fourth-order valence-electron chi connectivity index (χ4n) is 6.15. The number of hydrogen-bond donors (Lipinski definition) is 2. The molecule has 8 nitrogen and oxygen atoms in total. The Hall–Kier alpha value is -4.04. The molecule has 6 rings (SSSR count). The first-order chi connectivity index (χ1) is 17.2. The Balaban J connectivity index is 1.40. The Morgan fingerprint density at radius 3 is 2.50 bits per heavy atom. The number of aliphatic carboxylic acids is 1. The van der Waals surface area contributed by atoms with Gasteiger partial charge in [-0.15, -0.1) is 0 Å². The maximum absolute atomic E-state index is 13.2. The Morgan fingerprint density at radius 2 is 1.83 bits per heavy atom. The molecule has 3 aliphatic rings. The van der Waals surface area contributed by atoms with E-state index in [1.165, 1.54) is 4.90 Å². The number of nitrogens with zero attached hydrogens (tertiary/aromatic N) is 3. The van der Waals surface area contributed by atoms with Crippen molar-refractivity contribution in [1.82, 2.24) is 9.47 Å². The fourth-order valence-corrected chi connectivity index (χ4v) is 6.15. The second kappa shape index (κ2) is 7.73. The van der Waals surface area contributed by atoms with E-state index in [-0.39, 0.29) is 29.3 Å². The van der Waals surface area contributed by atoms with E-state index in [1.54, 1.807) is 19.1 Å². The van der Waals surface area contributed by atoms with Gasteiger partial charge in [0, 0.05) is 17.0 Å². The van der Waals surface area contributed by atoms with Crippen LogP contribution in [0.5, 0.6) is 0 Å². The van der Waals surface area contributed by atoms with Crippen LogP contribution < -0.4 is 4.57 Å². The zero-order valence-electron chi connectivity index (χ0n) is 20.2. The summed E-state index contributed by atoms with van der Waals surface area (Å²) < 4.78 is 4.00. The third-order valence-corrected chi connectivity index (χ3v) is 7.76. The number of amides is 1. The Labute approximate surface area is 207 Å². The summed E-state index contributed by atoms with van der Waals surface area (Å²) >= 11 is 0. The number of fused-ring (bicyclic) bond motifs is 4. The molecule has 2 N–H and O–H groups in total. The molecule has 182 valence electrons. The van der Waals surface area contributed by atoms with Crippen LogP contribution in [-0.4, -0.2) is 49.5 Å². The zero-order valence-corrected chi connectivity index (χ0v) is 20.2. The van der Waals surface area contributed by atoms with Crippen LogP contribution in [0.4, 0.5) is 0 Å². The van der Waals surface area contributed by atoms with Crippen molar-refractivity contribution in [2.45, 2.75) is 32.5 Å². The van der Waals surface area contributed by atoms with Gasteiger partial charge < -0.3 is 15.1 Å². The number of carboxylic acid groups (broad SMARTS) is 1. The van der Waals surface area contributed by atoms with Gasteiger partial charge in [-0.3, -0.25) is 9.59 Å². The van der Waals surface area contributed by atoms with Crippen LogP contribution in [-0.2, 0) is 23.2 Å². The molecule has 1 saturated heterocycles. The van der Waals surface area contributed by atoms with E-state index in [1.807, 2.05) is 66.1 Å². The molecule has 1 aliphatic carbocycles. The number of carboxylic acids is 1. The number of β-lactam (4-membered cyclic amide) rings is 1. The minimum absolute atomic E-state index is 0.0332. The van der Waals surface area contributed by atoms with Crippen LogP contribution in [0.1, 0.15) is 40.9 Å². The maximum atomic E-state index is 13.2. The van der Waals surface area contributed by atoms with Crippen LogP contribution in [0, 0.1) is 11.8 Å². The first kappa shape index (κ1) is 22.4. The van der Waals surface area contributed by atoms with E-state index in [2.05, 4.69) is 0 Å². The van der Waals surface area contributed by atoms with Gasteiger partial charge in [0.25, 0.3) is 0 Å². The van der Waals surface area contributed by atoms with Crippen molar-refractivity contribution in [1.29, 1.82) is 0 Å². The highest BCUT2D eigenvalue weighted by molar-refractivity contribution is 6.22. The number of carbonyl (C=O) groups excluding carboxylic acids is 2. The lowest BCUT2D eigenvalue weighted by atomic mass is 9.76. The van der Waals surface area contributed by atoms with Gasteiger partial charge in [0.05, 0.1) is 25.1 Å². The number of ketones is 1. The number of benzene rings is 2. The minimum atomic E-state index is -1.17. The number of carbonyl (C=O) groups is 3. The minimum Gasteiger partial charge on any atom is -0.477 e.